The minimum atomic E-state index is -0.962. The summed E-state index contributed by atoms with van der Waals surface area (Å²) in [5, 5.41) is 2.74. The van der Waals surface area contributed by atoms with Crippen molar-refractivity contribution in [2.45, 2.75) is 25.3 Å². The summed E-state index contributed by atoms with van der Waals surface area (Å²) < 4.78 is 9.97. The number of nitrogens with two attached hydrogens (primary N) is 1. The van der Waals surface area contributed by atoms with Crippen molar-refractivity contribution in [2.75, 3.05) is 25.6 Å². The van der Waals surface area contributed by atoms with Crippen LogP contribution in [0.1, 0.15) is 28.8 Å². The fourth-order valence-electron chi connectivity index (χ4n) is 2.26. The van der Waals surface area contributed by atoms with Gasteiger partial charge in [-0.1, -0.05) is 11.6 Å². The highest BCUT2D eigenvalue weighted by Crippen LogP contribution is 2.23. The third-order valence-electron chi connectivity index (χ3n) is 3.67. The van der Waals surface area contributed by atoms with Gasteiger partial charge in [-0.25, -0.2) is 4.79 Å². The number of ether oxygens (including phenoxy) is 2. The van der Waals surface area contributed by atoms with Crippen molar-refractivity contribution in [3.05, 3.63) is 29.3 Å². The third kappa shape index (κ3) is 3.40. The Balaban J connectivity index is 2.22. The molecule has 0 aliphatic carbocycles. The zero-order valence-corrected chi connectivity index (χ0v) is 12.3. The van der Waals surface area contributed by atoms with E-state index in [1.54, 1.807) is 12.1 Å². The molecular weight excluding hydrogens is 272 g/mol. The van der Waals surface area contributed by atoms with Crippen LogP contribution in [-0.2, 0) is 14.3 Å². The van der Waals surface area contributed by atoms with Crippen molar-refractivity contribution in [1.29, 1.82) is 0 Å². The maximum Gasteiger partial charge on any atom is 0.339 e. The zero-order valence-electron chi connectivity index (χ0n) is 12.3. The van der Waals surface area contributed by atoms with Gasteiger partial charge in [0.15, 0.2) is 0 Å². The van der Waals surface area contributed by atoms with Gasteiger partial charge in [0.2, 0.25) is 5.91 Å². The van der Waals surface area contributed by atoms with Crippen LogP contribution >= 0.6 is 0 Å². The Morgan fingerprint density at radius 3 is 2.62 bits per heavy atom. The first-order chi connectivity index (χ1) is 9.96. The SMILES string of the molecule is COC(=O)c1cc(C)ccc1NC(=O)C1(N)CCOCC1. The van der Waals surface area contributed by atoms with Gasteiger partial charge in [-0.15, -0.1) is 0 Å². The lowest BCUT2D eigenvalue weighted by Crippen LogP contribution is -2.54. The van der Waals surface area contributed by atoms with Gasteiger partial charge >= 0.3 is 5.97 Å². The quantitative estimate of drug-likeness (QED) is 0.818. The van der Waals surface area contributed by atoms with Crippen LogP contribution < -0.4 is 11.1 Å². The lowest BCUT2D eigenvalue weighted by atomic mass is 9.90. The van der Waals surface area contributed by atoms with Gasteiger partial charge in [-0.05, 0) is 31.9 Å². The van der Waals surface area contributed by atoms with Crippen molar-refractivity contribution >= 4 is 17.6 Å². The fourth-order valence-corrected chi connectivity index (χ4v) is 2.26. The molecule has 1 aliphatic rings. The van der Waals surface area contributed by atoms with Crippen LogP contribution in [0.4, 0.5) is 5.69 Å². The van der Waals surface area contributed by atoms with E-state index in [-0.39, 0.29) is 5.91 Å². The molecule has 0 atom stereocenters. The number of amides is 1. The van der Waals surface area contributed by atoms with E-state index in [1.165, 1.54) is 7.11 Å². The van der Waals surface area contributed by atoms with Crippen molar-refractivity contribution < 1.29 is 19.1 Å². The molecule has 0 unspecified atom stereocenters. The molecule has 0 radical (unpaired) electrons. The number of methoxy groups -OCH3 is 1. The Labute approximate surface area is 123 Å². The van der Waals surface area contributed by atoms with Gasteiger partial charge < -0.3 is 20.5 Å². The summed E-state index contributed by atoms with van der Waals surface area (Å²) in [7, 11) is 1.30. The molecule has 1 saturated heterocycles. The van der Waals surface area contributed by atoms with Crippen LogP contribution in [0.25, 0.3) is 0 Å². The Morgan fingerprint density at radius 2 is 2.00 bits per heavy atom. The lowest BCUT2D eigenvalue weighted by Gasteiger charge is -2.32. The number of hydrogen-bond acceptors (Lipinski definition) is 5. The van der Waals surface area contributed by atoms with E-state index in [4.69, 9.17) is 15.2 Å². The van der Waals surface area contributed by atoms with Gasteiger partial charge in [0, 0.05) is 13.2 Å². The molecule has 2 rings (SSSR count). The number of rotatable bonds is 3. The highest BCUT2D eigenvalue weighted by Gasteiger charge is 2.36. The van der Waals surface area contributed by atoms with Crippen molar-refractivity contribution in [2.24, 2.45) is 5.73 Å². The Hall–Kier alpha value is -1.92. The number of carbonyl (C=O) groups excluding carboxylic acids is 2. The van der Waals surface area contributed by atoms with Crippen molar-refractivity contribution in [1.82, 2.24) is 0 Å². The molecule has 0 aromatic heterocycles. The van der Waals surface area contributed by atoms with E-state index in [0.29, 0.717) is 37.3 Å². The standard InChI is InChI=1S/C15H20N2O4/c1-10-3-4-12(11(9-10)13(18)20-2)17-14(19)15(16)5-7-21-8-6-15/h3-4,9H,5-8,16H2,1-2H3,(H,17,19). The number of anilines is 1. The molecule has 1 aromatic carbocycles. The van der Waals surface area contributed by atoms with Crippen molar-refractivity contribution in [3.8, 4) is 0 Å². The number of nitrogens with one attached hydrogen (secondary N) is 1. The molecule has 6 heteroatoms. The van der Waals surface area contributed by atoms with Gasteiger partial charge in [-0.2, -0.15) is 0 Å². The van der Waals surface area contributed by atoms with Gasteiger partial charge in [0.05, 0.1) is 18.4 Å². The molecule has 1 fully saturated rings. The fraction of sp³-hybridized carbons (Fsp3) is 0.467. The maximum absolute atomic E-state index is 12.4. The van der Waals surface area contributed by atoms with Crippen LogP contribution in [-0.4, -0.2) is 37.7 Å². The predicted octanol–water partition coefficient (Wildman–Crippen LogP) is 1.23. The summed E-state index contributed by atoms with van der Waals surface area (Å²) in [6.45, 7) is 2.78. The first-order valence-electron chi connectivity index (χ1n) is 6.83. The normalized spacial score (nSPS) is 17.1. The van der Waals surface area contributed by atoms with Gasteiger partial charge in [0.25, 0.3) is 0 Å². The van der Waals surface area contributed by atoms with Crippen LogP contribution in [0.2, 0.25) is 0 Å². The van der Waals surface area contributed by atoms with Gasteiger partial charge in [-0.3, -0.25) is 4.79 Å². The number of esters is 1. The molecule has 3 N–H and O–H groups in total. The largest absolute Gasteiger partial charge is 0.465 e. The van der Waals surface area contributed by atoms with Crippen LogP contribution in [0, 0.1) is 6.92 Å². The maximum atomic E-state index is 12.4. The van der Waals surface area contributed by atoms with E-state index in [0.717, 1.165) is 5.56 Å². The zero-order chi connectivity index (χ0) is 15.5. The molecule has 114 valence electrons. The van der Waals surface area contributed by atoms with E-state index < -0.39 is 11.5 Å². The Bertz CT molecular complexity index is 551. The first-order valence-corrected chi connectivity index (χ1v) is 6.83. The number of hydrogen-bond donors (Lipinski definition) is 2. The molecule has 1 amide bonds. The summed E-state index contributed by atoms with van der Waals surface area (Å²) in [5.74, 6) is -0.799. The monoisotopic (exact) mass is 292 g/mol. The average Bonchev–Trinajstić information content (AvgIpc) is 2.49. The van der Waals surface area contributed by atoms with E-state index in [1.807, 2.05) is 13.0 Å². The number of aryl methyl sites for hydroxylation is 1. The summed E-state index contributed by atoms with van der Waals surface area (Å²) in [6, 6.07) is 5.17. The topological polar surface area (TPSA) is 90.7 Å². The third-order valence-corrected chi connectivity index (χ3v) is 3.67. The minimum absolute atomic E-state index is 0.306. The van der Waals surface area contributed by atoms with E-state index in [9.17, 15) is 9.59 Å². The van der Waals surface area contributed by atoms with Crippen LogP contribution in [0.15, 0.2) is 18.2 Å². The summed E-state index contributed by atoms with van der Waals surface area (Å²) in [4.78, 5) is 24.2. The highest BCUT2D eigenvalue weighted by molar-refractivity contribution is 6.04. The lowest BCUT2D eigenvalue weighted by molar-refractivity contribution is -0.124. The number of benzene rings is 1. The second-order valence-electron chi connectivity index (χ2n) is 5.26. The Morgan fingerprint density at radius 1 is 1.33 bits per heavy atom. The average molecular weight is 292 g/mol. The predicted molar refractivity (Wildman–Crippen MR) is 78.1 cm³/mol. The molecule has 6 nitrogen and oxygen atoms in total. The number of carbonyl (C=O) groups is 2. The van der Waals surface area contributed by atoms with E-state index in [2.05, 4.69) is 5.32 Å². The molecule has 1 heterocycles. The van der Waals surface area contributed by atoms with E-state index >= 15 is 0 Å². The molecule has 1 aliphatic heterocycles. The molecule has 0 spiro atoms. The van der Waals surface area contributed by atoms with Gasteiger partial charge in [0.1, 0.15) is 5.54 Å². The smallest absolute Gasteiger partial charge is 0.339 e. The summed E-state index contributed by atoms with van der Waals surface area (Å²) in [6.07, 6.45) is 0.913. The first kappa shape index (κ1) is 15.5. The molecule has 1 aromatic rings. The molecule has 21 heavy (non-hydrogen) atoms. The van der Waals surface area contributed by atoms with Crippen molar-refractivity contribution in [3.63, 3.8) is 0 Å². The summed E-state index contributed by atoms with van der Waals surface area (Å²) >= 11 is 0. The molecular formula is C15H20N2O4. The minimum Gasteiger partial charge on any atom is -0.465 e. The highest BCUT2D eigenvalue weighted by atomic mass is 16.5. The second kappa shape index (κ2) is 6.24. The summed E-state index contributed by atoms with van der Waals surface area (Å²) in [5.41, 5.74) is 6.81. The second-order valence-corrected chi connectivity index (χ2v) is 5.26. The van der Waals surface area contributed by atoms with Crippen LogP contribution in [0.3, 0.4) is 0 Å². The molecule has 0 saturated carbocycles. The Kier molecular flexibility index (Phi) is 4.59. The molecule has 0 bridgehead atoms. The van der Waals surface area contributed by atoms with Crippen LogP contribution in [0.5, 0.6) is 0 Å².